The number of aromatic nitrogens is 2. The summed E-state index contributed by atoms with van der Waals surface area (Å²) in [6, 6.07) is 12.2. The molecule has 1 atom stereocenters. The number of rotatable bonds is 2. The van der Waals surface area contributed by atoms with Crippen molar-refractivity contribution in [2.75, 3.05) is 13.1 Å². The van der Waals surface area contributed by atoms with Gasteiger partial charge in [0.05, 0.1) is 28.4 Å². The van der Waals surface area contributed by atoms with Crippen LogP contribution in [0.4, 0.5) is 4.39 Å². The van der Waals surface area contributed by atoms with E-state index in [0.29, 0.717) is 18.7 Å². The van der Waals surface area contributed by atoms with Crippen molar-refractivity contribution in [1.82, 2.24) is 14.5 Å². The maximum absolute atomic E-state index is 13.3. The topological polar surface area (TPSA) is 38.1 Å². The molecule has 24 heavy (non-hydrogen) atoms. The zero-order chi connectivity index (χ0) is 16.7. The fraction of sp³-hybridized carbons (Fsp3) is 0.222. The number of halogens is 2. The number of hydrogen-bond acceptors (Lipinski definition) is 2. The van der Waals surface area contributed by atoms with E-state index >= 15 is 0 Å². The van der Waals surface area contributed by atoms with Crippen LogP contribution in [0, 0.1) is 5.82 Å². The van der Waals surface area contributed by atoms with Crippen molar-refractivity contribution in [3.05, 3.63) is 65.2 Å². The first-order valence-electron chi connectivity index (χ1n) is 7.79. The quantitative estimate of drug-likeness (QED) is 0.707. The van der Waals surface area contributed by atoms with E-state index in [4.69, 9.17) is 11.6 Å². The Balaban J connectivity index is 1.55. The normalized spacial score (nSPS) is 17.6. The summed E-state index contributed by atoms with van der Waals surface area (Å²) in [5.41, 5.74) is 2.44. The average molecular weight is 344 g/mol. The minimum Gasteiger partial charge on any atom is -0.336 e. The zero-order valence-corrected chi connectivity index (χ0v) is 13.6. The molecule has 0 radical (unpaired) electrons. The lowest BCUT2D eigenvalue weighted by Gasteiger charge is -2.17. The molecule has 1 fully saturated rings. The third-order valence-electron chi connectivity index (χ3n) is 4.49. The second kappa shape index (κ2) is 5.91. The van der Waals surface area contributed by atoms with Crippen LogP contribution in [0.5, 0.6) is 0 Å². The second-order valence-corrected chi connectivity index (χ2v) is 6.37. The molecule has 2 heterocycles. The van der Waals surface area contributed by atoms with E-state index in [1.54, 1.807) is 4.90 Å². The molecule has 0 spiro atoms. The van der Waals surface area contributed by atoms with E-state index < -0.39 is 5.82 Å². The van der Waals surface area contributed by atoms with Gasteiger partial charge < -0.3 is 9.47 Å². The Morgan fingerprint density at radius 3 is 2.92 bits per heavy atom. The Labute approximate surface area is 143 Å². The van der Waals surface area contributed by atoms with Crippen molar-refractivity contribution < 1.29 is 9.18 Å². The minimum atomic E-state index is -0.516. The van der Waals surface area contributed by atoms with E-state index in [0.717, 1.165) is 17.5 Å². The summed E-state index contributed by atoms with van der Waals surface area (Å²) < 4.78 is 15.4. The molecule has 4 nitrogen and oxygen atoms in total. The van der Waals surface area contributed by atoms with Gasteiger partial charge in [0.25, 0.3) is 5.91 Å². The lowest BCUT2D eigenvalue weighted by Crippen LogP contribution is -2.29. The predicted molar refractivity (Wildman–Crippen MR) is 90.7 cm³/mol. The minimum absolute atomic E-state index is 0.0304. The first kappa shape index (κ1) is 15.1. The van der Waals surface area contributed by atoms with Gasteiger partial charge in [0, 0.05) is 18.7 Å². The number of hydrogen-bond donors (Lipinski definition) is 0. The van der Waals surface area contributed by atoms with Gasteiger partial charge in [-0.15, -0.1) is 0 Å². The van der Waals surface area contributed by atoms with Crippen LogP contribution < -0.4 is 0 Å². The smallest absolute Gasteiger partial charge is 0.253 e. The number of likely N-dealkylation sites (tertiary alicyclic amines) is 1. The summed E-state index contributed by atoms with van der Waals surface area (Å²) in [5.74, 6) is -0.638. The van der Waals surface area contributed by atoms with Crippen molar-refractivity contribution in [3.8, 4) is 0 Å². The molecule has 122 valence electrons. The highest BCUT2D eigenvalue weighted by Gasteiger charge is 2.29. The van der Waals surface area contributed by atoms with Gasteiger partial charge in [-0.1, -0.05) is 23.7 Å². The third kappa shape index (κ3) is 2.55. The molecule has 1 aromatic heterocycles. The molecule has 2 aromatic carbocycles. The van der Waals surface area contributed by atoms with Crippen LogP contribution in [0.3, 0.4) is 0 Å². The van der Waals surface area contributed by atoms with Gasteiger partial charge in [-0.2, -0.15) is 0 Å². The average Bonchev–Trinajstić information content (AvgIpc) is 3.23. The van der Waals surface area contributed by atoms with Gasteiger partial charge in [-0.3, -0.25) is 4.79 Å². The Hall–Kier alpha value is -2.40. The molecular weight excluding hydrogens is 329 g/mol. The highest BCUT2D eigenvalue weighted by molar-refractivity contribution is 6.31. The first-order chi connectivity index (χ1) is 11.6. The van der Waals surface area contributed by atoms with E-state index in [-0.39, 0.29) is 17.0 Å². The van der Waals surface area contributed by atoms with Crippen LogP contribution in [0.15, 0.2) is 48.8 Å². The SMILES string of the molecule is O=C(c1ccc(F)c(Cl)c1)N1CCC(n2cnc3ccccc32)C1. The summed E-state index contributed by atoms with van der Waals surface area (Å²) in [4.78, 5) is 18.8. The van der Waals surface area contributed by atoms with Gasteiger partial charge in [-0.05, 0) is 36.8 Å². The molecule has 0 saturated carbocycles. The molecule has 4 rings (SSSR count). The Morgan fingerprint density at radius 2 is 2.08 bits per heavy atom. The Kier molecular flexibility index (Phi) is 3.73. The van der Waals surface area contributed by atoms with Crippen LogP contribution in [-0.2, 0) is 0 Å². The van der Waals surface area contributed by atoms with Crippen molar-refractivity contribution in [3.63, 3.8) is 0 Å². The summed E-state index contributed by atoms with van der Waals surface area (Å²) in [5, 5.41) is -0.0304. The maximum Gasteiger partial charge on any atom is 0.253 e. The maximum atomic E-state index is 13.3. The fourth-order valence-corrected chi connectivity index (χ4v) is 3.41. The highest BCUT2D eigenvalue weighted by atomic mass is 35.5. The van der Waals surface area contributed by atoms with Gasteiger partial charge in [-0.25, -0.2) is 9.37 Å². The molecular formula is C18H15ClFN3O. The van der Waals surface area contributed by atoms with Gasteiger partial charge in [0.15, 0.2) is 0 Å². The predicted octanol–water partition coefficient (Wildman–Crippen LogP) is 3.92. The number of para-hydroxylation sites is 2. The largest absolute Gasteiger partial charge is 0.336 e. The second-order valence-electron chi connectivity index (χ2n) is 5.96. The molecule has 6 heteroatoms. The molecule has 1 unspecified atom stereocenters. The fourth-order valence-electron chi connectivity index (χ4n) is 3.23. The highest BCUT2D eigenvalue weighted by Crippen LogP contribution is 2.27. The Bertz CT molecular complexity index is 924. The number of benzene rings is 2. The number of nitrogens with zero attached hydrogens (tertiary/aromatic N) is 3. The van der Waals surface area contributed by atoms with Crippen LogP contribution >= 0.6 is 11.6 Å². The van der Waals surface area contributed by atoms with Crippen molar-refractivity contribution >= 4 is 28.5 Å². The monoisotopic (exact) mass is 343 g/mol. The first-order valence-corrected chi connectivity index (χ1v) is 8.17. The van der Waals surface area contributed by atoms with Crippen LogP contribution in [0.2, 0.25) is 5.02 Å². The summed E-state index contributed by atoms with van der Waals surface area (Å²) in [6.07, 6.45) is 2.69. The summed E-state index contributed by atoms with van der Waals surface area (Å²) in [6.45, 7) is 1.26. The molecule has 0 aliphatic carbocycles. The summed E-state index contributed by atoms with van der Waals surface area (Å²) >= 11 is 5.78. The van der Waals surface area contributed by atoms with Gasteiger partial charge in [0.2, 0.25) is 0 Å². The van der Waals surface area contributed by atoms with Gasteiger partial charge in [0.1, 0.15) is 5.82 Å². The van der Waals surface area contributed by atoms with Crippen molar-refractivity contribution in [1.29, 1.82) is 0 Å². The molecule has 0 N–H and O–H groups in total. The van der Waals surface area contributed by atoms with E-state index in [2.05, 4.69) is 9.55 Å². The van der Waals surface area contributed by atoms with Crippen molar-refractivity contribution in [2.45, 2.75) is 12.5 Å². The van der Waals surface area contributed by atoms with Crippen LogP contribution in [-0.4, -0.2) is 33.4 Å². The molecule has 3 aromatic rings. The zero-order valence-electron chi connectivity index (χ0n) is 12.8. The lowest BCUT2D eigenvalue weighted by molar-refractivity contribution is 0.0788. The number of carbonyl (C=O) groups excluding carboxylic acids is 1. The van der Waals surface area contributed by atoms with E-state index in [1.807, 2.05) is 30.6 Å². The number of amides is 1. The third-order valence-corrected chi connectivity index (χ3v) is 4.78. The molecule has 1 aliphatic rings. The number of carbonyl (C=O) groups is 1. The molecule has 1 saturated heterocycles. The lowest BCUT2D eigenvalue weighted by atomic mass is 10.2. The Morgan fingerprint density at radius 1 is 1.25 bits per heavy atom. The molecule has 1 aliphatic heterocycles. The van der Waals surface area contributed by atoms with Gasteiger partial charge >= 0.3 is 0 Å². The molecule has 1 amide bonds. The van der Waals surface area contributed by atoms with E-state index in [1.165, 1.54) is 18.2 Å². The number of fused-ring (bicyclic) bond motifs is 1. The van der Waals surface area contributed by atoms with E-state index in [9.17, 15) is 9.18 Å². The standard InChI is InChI=1S/C18H15ClFN3O/c19-14-9-12(5-6-15(14)20)18(24)22-8-7-13(10-22)23-11-21-16-3-1-2-4-17(16)23/h1-6,9,11,13H,7-8,10H2. The van der Waals surface area contributed by atoms with Crippen LogP contribution in [0.1, 0.15) is 22.8 Å². The molecule has 0 bridgehead atoms. The van der Waals surface area contributed by atoms with Crippen LogP contribution in [0.25, 0.3) is 11.0 Å². The number of imidazole rings is 1. The van der Waals surface area contributed by atoms with Crippen molar-refractivity contribution in [2.24, 2.45) is 0 Å². The summed E-state index contributed by atoms with van der Waals surface area (Å²) in [7, 11) is 0.